The molecule has 2 atom stereocenters. The van der Waals surface area contributed by atoms with E-state index in [0.29, 0.717) is 6.04 Å². The van der Waals surface area contributed by atoms with Crippen molar-refractivity contribution in [3.63, 3.8) is 0 Å². The first-order chi connectivity index (χ1) is 6.84. The molecule has 0 aliphatic carbocycles. The molecule has 3 rings (SSSR count). The highest BCUT2D eigenvalue weighted by atomic mass is 79.9. The number of rotatable bonds is 0. The van der Waals surface area contributed by atoms with Crippen LogP contribution in [0.2, 0.25) is 0 Å². The van der Waals surface area contributed by atoms with Crippen molar-refractivity contribution in [2.45, 2.75) is 18.4 Å². The van der Waals surface area contributed by atoms with E-state index in [9.17, 15) is 0 Å². The SMILES string of the molecule is Brc1ccc2c(c1)NC1CCSCC21. The molecule has 1 N–H and O–H groups in total. The maximum Gasteiger partial charge on any atom is 0.0390 e. The summed E-state index contributed by atoms with van der Waals surface area (Å²) < 4.78 is 1.18. The van der Waals surface area contributed by atoms with E-state index in [4.69, 9.17) is 0 Å². The van der Waals surface area contributed by atoms with Crippen molar-refractivity contribution in [2.24, 2.45) is 0 Å². The van der Waals surface area contributed by atoms with Gasteiger partial charge >= 0.3 is 0 Å². The standard InChI is InChI=1S/C11H12BrNS/c12-7-1-2-8-9-6-14-4-3-10(9)13-11(8)5-7/h1-2,5,9-10,13H,3-4,6H2. The van der Waals surface area contributed by atoms with Crippen LogP contribution in [-0.2, 0) is 0 Å². The molecule has 1 aromatic carbocycles. The van der Waals surface area contributed by atoms with E-state index < -0.39 is 0 Å². The first-order valence-corrected chi connectivity index (χ1v) is 6.93. The zero-order chi connectivity index (χ0) is 9.54. The fourth-order valence-electron chi connectivity index (χ4n) is 2.39. The summed E-state index contributed by atoms with van der Waals surface area (Å²) in [5, 5.41) is 3.63. The predicted octanol–water partition coefficient (Wildman–Crippen LogP) is 3.46. The van der Waals surface area contributed by atoms with Gasteiger partial charge in [0, 0.05) is 27.9 Å². The molecule has 2 aliphatic heterocycles. The van der Waals surface area contributed by atoms with E-state index in [2.05, 4.69) is 51.2 Å². The highest BCUT2D eigenvalue weighted by Crippen LogP contribution is 2.43. The van der Waals surface area contributed by atoms with Crippen molar-refractivity contribution in [2.75, 3.05) is 16.8 Å². The Kier molecular flexibility index (Phi) is 2.25. The Labute approximate surface area is 96.8 Å². The summed E-state index contributed by atoms with van der Waals surface area (Å²) in [4.78, 5) is 0. The van der Waals surface area contributed by atoms with Crippen LogP contribution in [0.4, 0.5) is 5.69 Å². The minimum Gasteiger partial charge on any atom is -0.381 e. The number of nitrogens with one attached hydrogen (secondary N) is 1. The molecule has 1 fully saturated rings. The van der Waals surface area contributed by atoms with Gasteiger partial charge in [0.2, 0.25) is 0 Å². The second-order valence-electron chi connectivity index (χ2n) is 3.95. The summed E-state index contributed by atoms with van der Waals surface area (Å²) in [5.41, 5.74) is 2.86. The summed E-state index contributed by atoms with van der Waals surface area (Å²) in [6, 6.07) is 7.32. The molecule has 0 amide bonds. The lowest BCUT2D eigenvalue weighted by molar-refractivity contribution is 0.614. The molecule has 14 heavy (non-hydrogen) atoms. The zero-order valence-electron chi connectivity index (χ0n) is 7.79. The second-order valence-corrected chi connectivity index (χ2v) is 6.02. The molecule has 0 spiro atoms. The third-order valence-electron chi connectivity index (χ3n) is 3.11. The minimum atomic E-state index is 0.695. The van der Waals surface area contributed by atoms with Crippen LogP contribution in [0.3, 0.4) is 0 Å². The third-order valence-corrected chi connectivity index (χ3v) is 4.72. The lowest BCUT2D eigenvalue weighted by Gasteiger charge is -2.24. The summed E-state index contributed by atoms with van der Waals surface area (Å²) in [7, 11) is 0. The summed E-state index contributed by atoms with van der Waals surface area (Å²) in [6.45, 7) is 0. The Morgan fingerprint density at radius 3 is 3.29 bits per heavy atom. The highest BCUT2D eigenvalue weighted by Gasteiger charge is 2.33. The predicted molar refractivity (Wildman–Crippen MR) is 66.2 cm³/mol. The Balaban J connectivity index is 2.01. The lowest BCUT2D eigenvalue weighted by atomic mass is 9.95. The van der Waals surface area contributed by atoms with Crippen molar-refractivity contribution in [1.82, 2.24) is 0 Å². The largest absolute Gasteiger partial charge is 0.381 e. The molecule has 0 radical (unpaired) electrons. The Morgan fingerprint density at radius 1 is 1.43 bits per heavy atom. The van der Waals surface area contributed by atoms with Crippen LogP contribution in [0.25, 0.3) is 0 Å². The molecule has 0 bridgehead atoms. The average Bonchev–Trinajstić information content (AvgIpc) is 2.54. The first kappa shape index (κ1) is 9.10. The van der Waals surface area contributed by atoms with E-state index in [1.807, 2.05) is 0 Å². The number of hydrogen-bond donors (Lipinski definition) is 1. The van der Waals surface area contributed by atoms with Gasteiger partial charge in [-0.2, -0.15) is 11.8 Å². The van der Waals surface area contributed by atoms with Crippen LogP contribution in [0.1, 0.15) is 17.9 Å². The van der Waals surface area contributed by atoms with Crippen molar-refractivity contribution in [3.05, 3.63) is 28.2 Å². The molecule has 2 aliphatic rings. The van der Waals surface area contributed by atoms with Gasteiger partial charge in [0.15, 0.2) is 0 Å². The quantitative estimate of drug-likeness (QED) is 0.774. The van der Waals surface area contributed by atoms with Gasteiger partial charge in [-0.25, -0.2) is 0 Å². The number of benzene rings is 1. The molecule has 0 aromatic heterocycles. The summed E-state index contributed by atoms with van der Waals surface area (Å²) in [5.74, 6) is 3.34. The van der Waals surface area contributed by atoms with Crippen LogP contribution >= 0.6 is 27.7 Å². The van der Waals surface area contributed by atoms with Crippen LogP contribution in [0.5, 0.6) is 0 Å². The molecule has 1 aromatic rings. The fourth-order valence-corrected chi connectivity index (χ4v) is 4.01. The molecule has 74 valence electrons. The second kappa shape index (κ2) is 3.46. The van der Waals surface area contributed by atoms with Crippen LogP contribution in [-0.4, -0.2) is 17.5 Å². The first-order valence-electron chi connectivity index (χ1n) is 4.98. The molecule has 2 heterocycles. The van der Waals surface area contributed by atoms with Crippen LogP contribution in [0, 0.1) is 0 Å². The minimum absolute atomic E-state index is 0.695. The van der Waals surface area contributed by atoms with E-state index in [1.165, 1.54) is 33.7 Å². The average molecular weight is 270 g/mol. The molecule has 2 unspecified atom stereocenters. The Bertz CT molecular complexity index is 366. The maximum absolute atomic E-state index is 3.63. The topological polar surface area (TPSA) is 12.0 Å². The van der Waals surface area contributed by atoms with Gasteiger partial charge in [0.1, 0.15) is 0 Å². The number of anilines is 1. The van der Waals surface area contributed by atoms with Gasteiger partial charge in [0.05, 0.1) is 0 Å². The van der Waals surface area contributed by atoms with Gasteiger partial charge in [-0.3, -0.25) is 0 Å². The maximum atomic E-state index is 3.63. The number of thioether (sulfide) groups is 1. The monoisotopic (exact) mass is 269 g/mol. The molecule has 1 nitrogen and oxygen atoms in total. The van der Waals surface area contributed by atoms with E-state index in [-0.39, 0.29) is 0 Å². The fraction of sp³-hybridized carbons (Fsp3) is 0.455. The highest BCUT2D eigenvalue weighted by molar-refractivity contribution is 9.10. The lowest BCUT2D eigenvalue weighted by Crippen LogP contribution is -2.26. The van der Waals surface area contributed by atoms with Crippen LogP contribution in [0.15, 0.2) is 22.7 Å². The van der Waals surface area contributed by atoms with E-state index in [0.717, 1.165) is 5.92 Å². The Hall–Kier alpha value is -0.150. The smallest absolute Gasteiger partial charge is 0.0390 e. The van der Waals surface area contributed by atoms with Crippen molar-refractivity contribution >= 4 is 33.4 Å². The summed E-state index contributed by atoms with van der Waals surface area (Å²) >= 11 is 5.61. The van der Waals surface area contributed by atoms with E-state index in [1.54, 1.807) is 0 Å². The molecular weight excluding hydrogens is 258 g/mol. The van der Waals surface area contributed by atoms with Gasteiger partial charge in [-0.05, 0) is 29.9 Å². The van der Waals surface area contributed by atoms with Crippen molar-refractivity contribution in [1.29, 1.82) is 0 Å². The van der Waals surface area contributed by atoms with Gasteiger partial charge in [-0.15, -0.1) is 0 Å². The number of halogens is 1. The van der Waals surface area contributed by atoms with E-state index >= 15 is 0 Å². The zero-order valence-corrected chi connectivity index (χ0v) is 10.2. The van der Waals surface area contributed by atoms with Crippen molar-refractivity contribution < 1.29 is 0 Å². The van der Waals surface area contributed by atoms with Crippen LogP contribution < -0.4 is 5.32 Å². The van der Waals surface area contributed by atoms with Gasteiger partial charge in [0.25, 0.3) is 0 Å². The summed E-state index contributed by atoms with van der Waals surface area (Å²) in [6.07, 6.45) is 1.31. The van der Waals surface area contributed by atoms with Gasteiger partial charge < -0.3 is 5.32 Å². The number of fused-ring (bicyclic) bond motifs is 3. The third kappa shape index (κ3) is 1.38. The number of hydrogen-bond acceptors (Lipinski definition) is 2. The van der Waals surface area contributed by atoms with Gasteiger partial charge in [-0.1, -0.05) is 22.0 Å². The normalized spacial score (nSPS) is 29.2. The molecule has 3 heteroatoms. The molecule has 1 saturated heterocycles. The Morgan fingerprint density at radius 2 is 2.36 bits per heavy atom. The molecule has 0 saturated carbocycles. The molecular formula is C11H12BrNS. The van der Waals surface area contributed by atoms with Crippen molar-refractivity contribution in [3.8, 4) is 0 Å².